The minimum atomic E-state index is -4.38. The van der Waals surface area contributed by atoms with Crippen LogP contribution in [0.15, 0.2) is 30.5 Å². The predicted octanol–water partition coefficient (Wildman–Crippen LogP) is 3.19. The fourth-order valence-corrected chi connectivity index (χ4v) is 3.16. The van der Waals surface area contributed by atoms with E-state index in [1.165, 1.54) is 15.8 Å². The van der Waals surface area contributed by atoms with Gasteiger partial charge in [-0.1, -0.05) is 12.1 Å². The summed E-state index contributed by atoms with van der Waals surface area (Å²) in [4.78, 5) is 26.7. The van der Waals surface area contributed by atoms with Crippen molar-refractivity contribution in [2.75, 3.05) is 18.1 Å². The molecule has 1 atom stereocenters. The van der Waals surface area contributed by atoms with E-state index < -0.39 is 24.7 Å². The van der Waals surface area contributed by atoms with Crippen molar-refractivity contribution in [3.8, 4) is 0 Å². The lowest BCUT2D eigenvalue weighted by Crippen LogP contribution is -2.47. The molecule has 2 aromatic rings. The lowest BCUT2D eigenvalue weighted by Gasteiger charge is -2.34. The monoisotopic (exact) mass is 411 g/mol. The maximum atomic E-state index is 13.1. The Bertz CT molecular complexity index is 893. The van der Waals surface area contributed by atoms with Gasteiger partial charge in [0.2, 0.25) is 0 Å². The number of ether oxygens (including phenoxy) is 2. The van der Waals surface area contributed by atoms with E-state index in [0.29, 0.717) is 17.8 Å². The van der Waals surface area contributed by atoms with Gasteiger partial charge in [-0.2, -0.15) is 18.3 Å². The maximum Gasteiger partial charge on any atom is 0.411 e. The number of aromatic nitrogens is 2. The fourth-order valence-electron chi connectivity index (χ4n) is 3.16. The molecule has 1 aromatic carbocycles. The maximum absolute atomic E-state index is 13.1. The average molecular weight is 411 g/mol. The highest BCUT2D eigenvalue weighted by Gasteiger charge is 2.36. The molecule has 1 amide bonds. The second-order valence-corrected chi connectivity index (χ2v) is 6.61. The molecule has 3 rings (SSSR count). The zero-order valence-electron chi connectivity index (χ0n) is 15.9. The highest BCUT2D eigenvalue weighted by Crippen LogP contribution is 2.27. The molecule has 0 N–H and O–H groups in total. The molecule has 7 nitrogen and oxygen atoms in total. The molecular formula is C19H20F3N3O4. The number of esters is 1. The van der Waals surface area contributed by atoms with Crippen LogP contribution in [0.2, 0.25) is 0 Å². The number of rotatable bonds is 6. The fraction of sp³-hybridized carbons (Fsp3) is 0.421. The molecule has 10 heteroatoms. The standard InChI is InChI=1S/C19H20F3N3O4/c1-3-29-18(27)15-8-23-24-9-12(2)25(17(26)16(15)24)14-6-4-13(5-7-14)10-28-11-19(20,21)22/h4-8,12H,3,9-11H2,1-2H3/t12-/m0/s1. The van der Waals surface area contributed by atoms with Crippen LogP contribution < -0.4 is 4.90 Å². The lowest BCUT2D eigenvalue weighted by molar-refractivity contribution is -0.176. The van der Waals surface area contributed by atoms with Gasteiger partial charge in [-0.15, -0.1) is 0 Å². The van der Waals surface area contributed by atoms with E-state index in [9.17, 15) is 22.8 Å². The van der Waals surface area contributed by atoms with E-state index in [1.54, 1.807) is 31.2 Å². The van der Waals surface area contributed by atoms with Gasteiger partial charge < -0.3 is 14.4 Å². The molecule has 0 saturated heterocycles. The van der Waals surface area contributed by atoms with Gasteiger partial charge in [-0.25, -0.2) is 4.79 Å². The largest absolute Gasteiger partial charge is 0.462 e. The first-order valence-electron chi connectivity index (χ1n) is 9.01. The number of nitrogens with zero attached hydrogens (tertiary/aromatic N) is 3. The summed E-state index contributed by atoms with van der Waals surface area (Å²) in [6, 6.07) is 6.23. The van der Waals surface area contributed by atoms with Gasteiger partial charge in [0.25, 0.3) is 5.91 Å². The SMILES string of the molecule is CCOC(=O)c1cnn2c1C(=O)N(c1ccc(COCC(F)(F)F)cc1)[C@@H](C)C2. The highest BCUT2D eigenvalue weighted by atomic mass is 19.4. The van der Waals surface area contributed by atoms with Crippen molar-refractivity contribution in [2.24, 2.45) is 0 Å². The van der Waals surface area contributed by atoms with Crippen molar-refractivity contribution >= 4 is 17.6 Å². The summed E-state index contributed by atoms with van der Waals surface area (Å²) in [7, 11) is 0. The first-order valence-corrected chi connectivity index (χ1v) is 9.01. The van der Waals surface area contributed by atoms with E-state index in [4.69, 9.17) is 4.74 Å². The molecule has 0 saturated carbocycles. The predicted molar refractivity (Wildman–Crippen MR) is 96.6 cm³/mol. The number of hydrogen-bond acceptors (Lipinski definition) is 5. The Morgan fingerprint density at radius 3 is 2.59 bits per heavy atom. The van der Waals surface area contributed by atoms with Crippen LogP contribution in [0.3, 0.4) is 0 Å². The van der Waals surface area contributed by atoms with Crippen LogP contribution in [0.5, 0.6) is 0 Å². The van der Waals surface area contributed by atoms with Crippen LogP contribution in [-0.4, -0.2) is 47.1 Å². The number of amides is 1. The minimum Gasteiger partial charge on any atom is -0.462 e. The molecule has 1 aliphatic heterocycles. The van der Waals surface area contributed by atoms with Crippen LogP contribution in [0.1, 0.15) is 40.3 Å². The summed E-state index contributed by atoms with van der Waals surface area (Å²) in [5.74, 6) is -1.01. The Morgan fingerprint density at radius 1 is 1.28 bits per heavy atom. The summed E-state index contributed by atoms with van der Waals surface area (Å²) in [6.07, 6.45) is -3.06. The van der Waals surface area contributed by atoms with Gasteiger partial charge in [0.1, 0.15) is 17.9 Å². The average Bonchev–Trinajstić information content (AvgIpc) is 3.06. The van der Waals surface area contributed by atoms with Crippen molar-refractivity contribution in [1.29, 1.82) is 0 Å². The van der Waals surface area contributed by atoms with Crippen LogP contribution in [0, 0.1) is 0 Å². The molecule has 0 fully saturated rings. The smallest absolute Gasteiger partial charge is 0.411 e. The van der Waals surface area contributed by atoms with Gasteiger partial charge in [-0.05, 0) is 31.5 Å². The van der Waals surface area contributed by atoms with Gasteiger partial charge in [0.05, 0.1) is 32.0 Å². The molecule has 2 heterocycles. The van der Waals surface area contributed by atoms with Crippen LogP contribution in [0.25, 0.3) is 0 Å². The number of carbonyl (C=O) groups excluding carboxylic acids is 2. The van der Waals surface area contributed by atoms with Crippen LogP contribution >= 0.6 is 0 Å². The second kappa shape index (κ2) is 8.24. The summed E-state index contributed by atoms with van der Waals surface area (Å²) in [6.45, 7) is 2.56. The molecule has 0 bridgehead atoms. The van der Waals surface area contributed by atoms with Gasteiger partial charge >= 0.3 is 12.1 Å². The molecule has 0 aliphatic carbocycles. The van der Waals surface area contributed by atoms with E-state index in [-0.39, 0.29) is 30.5 Å². The Kier molecular flexibility index (Phi) is 5.92. The van der Waals surface area contributed by atoms with E-state index in [2.05, 4.69) is 9.84 Å². The molecule has 29 heavy (non-hydrogen) atoms. The topological polar surface area (TPSA) is 73.7 Å². The Balaban J connectivity index is 1.78. The molecule has 156 valence electrons. The summed E-state index contributed by atoms with van der Waals surface area (Å²) >= 11 is 0. The van der Waals surface area contributed by atoms with Gasteiger partial charge in [0, 0.05) is 5.69 Å². The lowest BCUT2D eigenvalue weighted by atomic mass is 10.1. The number of anilines is 1. The third kappa shape index (κ3) is 4.58. The number of halogens is 3. The quantitative estimate of drug-likeness (QED) is 0.683. The molecule has 1 aliphatic rings. The number of carbonyl (C=O) groups is 2. The van der Waals surface area contributed by atoms with Gasteiger partial charge in [0.15, 0.2) is 0 Å². The zero-order chi connectivity index (χ0) is 21.2. The zero-order valence-corrected chi connectivity index (χ0v) is 15.9. The van der Waals surface area contributed by atoms with Gasteiger partial charge in [-0.3, -0.25) is 9.48 Å². The van der Waals surface area contributed by atoms with Crippen molar-refractivity contribution in [3.05, 3.63) is 47.3 Å². The normalized spacial score (nSPS) is 16.7. The molecule has 1 aromatic heterocycles. The third-order valence-electron chi connectivity index (χ3n) is 4.38. The van der Waals surface area contributed by atoms with E-state index >= 15 is 0 Å². The number of fused-ring (bicyclic) bond motifs is 1. The summed E-state index contributed by atoms with van der Waals surface area (Å²) in [5.41, 5.74) is 1.36. The first-order chi connectivity index (χ1) is 13.7. The Hall–Kier alpha value is -2.88. The van der Waals surface area contributed by atoms with Crippen LogP contribution in [0.4, 0.5) is 18.9 Å². The third-order valence-corrected chi connectivity index (χ3v) is 4.38. The Morgan fingerprint density at radius 2 is 1.97 bits per heavy atom. The second-order valence-electron chi connectivity index (χ2n) is 6.61. The number of alkyl halides is 3. The first kappa shape index (κ1) is 20.8. The Labute approximate surface area is 165 Å². The van der Waals surface area contributed by atoms with Crippen molar-refractivity contribution in [3.63, 3.8) is 0 Å². The van der Waals surface area contributed by atoms with Crippen molar-refractivity contribution < 1.29 is 32.2 Å². The highest BCUT2D eigenvalue weighted by molar-refractivity contribution is 6.12. The minimum absolute atomic E-state index is 0.103. The summed E-state index contributed by atoms with van der Waals surface area (Å²) in [5, 5.41) is 4.12. The van der Waals surface area contributed by atoms with E-state index in [0.717, 1.165) is 0 Å². The molecule has 0 spiro atoms. The van der Waals surface area contributed by atoms with Crippen molar-refractivity contribution in [2.45, 2.75) is 39.2 Å². The number of benzene rings is 1. The number of hydrogen-bond donors (Lipinski definition) is 0. The van der Waals surface area contributed by atoms with Crippen molar-refractivity contribution in [1.82, 2.24) is 9.78 Å². The molecular weight excluding hydrogens is 391 g/mol. The summed E-state index contributed by atoms with van der Waals surface area (Å²) < 4.78 is 47.6. The van der Waals surface area contributed by atoms with Crippen LogP contribution in [-0.2, 0) is 22.6 Å². The molecule has 0 radical (unpaired) electrons. The van der Waals surface area contributed by atoms with E-state index in [1.807, 2.05) is 6.92 Å². The molecule has 0 unspecified atom stereocenters.